The van der Waals surface area contributed by atoms with Gasteiger partial charge in [0.2, 0.25) is 0 Å². The number of nitrogens with zero attached hydrogens (tertiary/aromatic N) is 1. The molecular weight excluding hydrogens is 384 g/mol. The average molecular weight is 407 g/mol. The number of urea groups is 1. The number of carbonyl (C=O) groups is 3. The molecule has 2 aliphatic rings. The van der Waals surface area contributed by atoms with Crippen molar-refractivity contribution in [1.82, 2.24) is 10.2 Å². The van der Waals surface area contributed by atoms with Gasteiger partial charge in [-0.05, 0) is 43.5 Å². The van der Waals surface area contributed by atoms with Crippen LogP contribution in [0.15, 0.2) is 17.7 Å². The predicted molar refractivity (Wildman–Crippen MR) is 104 cm³/mol. The maximum absolute atomic E-state index is 12.9. The van der Waals surface area contributed by atoms with E-state index in [9.17, 15) is 14.4 Å². The maximum atomic E-state index is 12.9. The summed E-state index contributed by atoms with van der Waals surface area (Å²) in [5.41, 5.74) is 0.397. The molecule has 150 valence electrons. The Bertz CT molecular complexity index is 830. The van der Waals surface area contributed by atoms with E-state index in [-0.39, 0.29) is 11.6 Å². The lowest BCUT2D eigenvalue weighted by Gasteiger charge is -2.35. The molecule has 1 aliphatic carbocycles. The van der Waals surface area contributed by atoms with Gasteiger partial charge in [-0.15, -0.1) is 0 Å². The van der Waals surface area contributed by atoms with E-state index in [2.05, 4.69) is 5.32 Å². The first-order chi connectivity index (χ1) is 13.5. The van der Waals surface area contributed by atoms with E-state index < -0.39 is 17.8 Å². The lowest BCUT2D eigenvalue weighted by atomic mass is 9.93. The summed E-state index contributed by atoms with van der Waals surface area (Å²) in [4.78, 5) is 38.7. The highest BCUT2D eigenvalue weighted by Gasteiger charge is 2.40. The molecule has 3 rings (SSSR count). The molecule has 8 heteroatoms. The minimum Gasteiger partial charge on any atom is -0.493 e. The van der Waals surface area contributed by atoms with Crippen molar-refractivity contribution in [3.05, 3.63) is 28.3 Å². The molecule has 0 bridgehead atoms. The zero-order chi connectivity index (χ0) is 20.3. The van der Waals surface area contributed by atoms with Crippen LogP contribution in [0.2, 0.25) is 5.02 Å². The molecule has 0 aromatic heterocycles. The van der Waals surface area contributed by atoms with Gasteiger partial charge in [-0.25, -0.2) is 4.79 Å². The van der Waals surface area contributed by atoms with E-state index in [1.54, 1.807) is 12.1 Å². The molecule has 1 aromatic rings. The van der Waals surface area contributed by atoms with Crippen LogP contribution in [0.3, 0.4) is 0 Å². The molecule has 1 saturated heterocycles. The highest BCUT2D eigenvalue weighted by molar-refractivity contribution is 6.33. The fourth-order valence-corrected chi connectivity index (χ4v) is 3.89. The van der Waals surface area contributed by atoms with E-state index in [4.69, 9.17) is 21.1 Å². The Kier molecular flexibility index (Phi) is 6.24. The summed E-state index contributed by atoms with van der Waals surface area (Å²) in [6.07, 6.45) is 5.93. The van der Waals surface area contributed by atoms with Crippen LogP contribution in [0, 0.1) is 0 Å². The molecule has 28 heavy (non-hydrogen) atoms. The fraction of sp³-hybridized carbons (Fsp3) is 0.450. The minimum atomic E-state index is -0.717. The van der Waals surface area contributed by atoms with E-state index in [0.717, 1.165) is 32.1 Å². The van der Waals surface area contributed by atoms with E-state index >= 15 is 0 Å². The second-order valence-corrected chi connectivity index (χ2v) is 7.16. The number of hydrogen-bond donors (Lipinski definition) is 1. The van der Waals surface area contributed by atoms with Gasteiger partial charge in [0, 0.05) is 6.04 Å². The van der Waals surface area contributed by atoms with Gasteiger partial charge in [0.05, 0.1) is 18.7 Å². The third kappa shape index (κ3) is 3.99. The van der Waals surface area contributed by atoms with Crippen LogP contribution in [0.1, 0.15) is 44.6 Å². The molecule has 1 aliphatic heterocycles. The molecule has 1 heterocycles. The summed E-state index contributed by atoms with van der Waals surface area (Å²) in [6.45, 7) is 2.24. The van der Waals surface area contributed by atoms with E-state index in [1.165, 1.54) is 18.1 Å². The molecule has 0 unspecified atom stereocenters. The molecule has 7 nitrogen and oxygen atoms in total. The van der Waals surface area contributed by atoms with Crippen molar-refractivity contribution in [3.8, 4) is 11.5 Å². The third-order valence-corrected chi connectivity index (χ3v) is 5.21. The number of amides is 4. The fourth-order valence-electron chi connectivity index (χ4n) is 3.62. The number of methoxy groups -OCH3 is 1. The largest absolute Gasteiger partial charge is 0.493 e. The Morgan fingerprint density at radius 2 is 1.93 bits per heavy atom. The van der Waals surface area contributed by atoms with Crippen molar-refractivity contribution >= 4 is 35.5 Å². The van der Waals surface area contributed by atoms with Crippen LogP contribution in [0.4, 0.5) is 4.79 Å². The molecule has 1 aromatic carbocycles. The Hall–Kier alpha value is -2.54. The molecule has 0 spiro atoms. The molecule has 4 amide bonds. The smallest absolute Gasteiger partial charge is 0.331 e. The van der Waals surface area contributed by atoms with E-state index in [1.807, 2.05) is 6.92 Å². The molecule has 2 fully saturated rings. The molecule has 1 saturated carbocycles. The number of ether oxygens (including phenoxy) is 2. The second-order valence-electron chi connectivity index (χ2n) is 6.75. The van der Waals surface area contributed by atoms with Gasteiger partial charge < -0.3 is 9.47 Å². The monoisotopic (exact) mass is 406 g/mol. The van der Waals surface area contributed by atoms with Gasteiger partial charge in [-0.2, -0.15) is 0 Å². The quantitative estimate of drug-likeness (QED) is 0.597. The molecule has 1 N–H and O–H groups in total. The number of rotatable bonds is 5. The summed E-state index contributed by atoms with van der Waals surface area (Å²) in [5.74, 6) is -0.506. The Balaban J connectivity index is 1.95. The first-order valence-electron chi connectivity index (χ1n) is 9.37. The highest BCUT2D eigenvalue weighted by atomic mass is 35.5. The van der Waals surface area contributed by atoms with Gasteiger partial charge >= 0.3 is 6.03 Å². The standard InChI is InChI=1S/C20H23ClN2O5/c1-3-28-17-15(21)10-12(11-16(17)27-2)9-14-18(24)22-20(26)23(19(14)25)13-7-5-4-6-8-13/h9-11,13H,3-8H2,1-2H3,(H,22,24,26). The van der Waals surface area contributed by atoms with Crippen molar-refractivity contribution in [2.24, 2.45) is 0 Å². The van der Waals surface area contributed by atoms with Crippen LogP contribution in [-0.2, 0) is 9.59 Å². The predicted octanol–water partition coefficient (Wildman–Crippen LogP) is 3.54. The average Bonchev–Trinajstić information content (AvgIpc) is 2.67. The number of carbonyl (C=O) groups excluding carboxylic acids is 3. The topological polar surface area (TPSA) is 84.9 Å². The number of nitrogens with one attached hydrogen (secondary N) is 1. The minimum absolute atomic E-state index is 0.104. The lowest BCUT2D eigenvalue weighted by Crippen LogP contribution is -2.58. The van der Waals surface area contributed by atoms with Crippen LogP contribution in [-0.4, -0.2) is 42.5 Å². The summed E-state index contributed by atoms with van der Waals surface area (Å²) in [5, 5.41) is 2.58. The third-order valence-electron chi connectivity index (χ3n) is 4.92. The number of hydrogen-bond acceptors (Lipinski definition) is 5. The molecule has 0 radical (unpaired) electrons. The Morgan fingerprint density at radius 1 is 1.21 bits per heavy atom. The van der Waals surface area contributed by atoms with Gasteiger partial charge in [0.15, 0.2) is 11.5 Å². The summed E-state index contributed by atoms with van der Waals surface area (Å²) < 4.78 is 10.8. The van der Waals surface area contributed by atoms with Gasteiger partial charge in [0.1, 0.15) is 5.57 Å². The van der Waals surface area contributed by atoms with Crippen LogP contribution >= 0.6 is 11.6 Å². The second kappa shape index (κ2) is 8.65. The van der Waals surface area contributed by atoms with Crippen molar-refractivity contribution in [2.45, 2.75) is 45.1 Å². The number of halogens is 1. The molecule has 0 atom stereocenters. The Labute approximate surface area is 168 Å². The van der Waals surface area contributed by atoms with Crippen molar-refractivity contribution < 1.29 is 23.9 Å². The first-order valence-corrected chi connectivity index (χ1v) is 9.75. The van der Waals surface area contributed by atoms with Crippen LogP contribution in [0.5, 0.6) is 11.5 Å². The summed E-state index contributed by atoms with van der Waals surface area (Å²) in [6, 6.07) is 2.38. The zero-order valence-corrected chi connectivity index (χ0v) is 16.7. The van der Waals surface area contributed by atoms with Crippen molar-refractivity contribution in [1.29, 1.82) is 0 Å². The zero-order valence-electron chi connectivity index (χ0n) is 15.9. The van der Waals surface area contributed by atoms with Crippen LogP contribution in [0.25, 0.3) is 6.08 Å². The van der Waals surface area contributed by atoms with Crippen molar-refractivity contribution in [3.63, 3.8) is 0 Å². The summed E-state index contributed by atoms with van der Waals surface area (Å²) in [7, 11) is 1.48. The van der Waals surface area contributed by atoms with Crippen molar-refractivity contribution in [2.75, 3.05) is 13.7 Å². The normalized spacial score (nSPS) is 19.8. The van der Waals surface area contributed by atoms with Gasteiger partial charge in [-0.1, -0.05) is 30.9 Å². The lowest BCUT2D eigenvalue weighted by molar-refractivity contribution is -0.132. The Morgan fingerprint density at radius 3 is 2.57 bits per heavy atom. The SMILES string of the molecule is CCOc1c(Cl)cc(C=C2C(=O)NC(=O)N(C3CCCCC3)C2=O)cc1OC. The van der Waals surface area contributed by atoms with Gasteiger partial charge in [0.25, 0.3) is 11.8 Å². The number of benzene rings is 1. The summed E-state index contributed by atoms with van der Waals surface area (Å²) >= 11 is 6.27. The highest BCUT2D eigenvalue weighted by Crippen LogP contribution is 2.37. The van der Waals surface area contributed by atoms with Crippen LogP contribution < -0.4 is 14.8 Å². The molecular formula is C20H23ClN2O5. The first kappa shape index (κ1) is 20.2. The maximum Gasteiger partial charge on any atom is 0.331 e. The number of imide groups is 2. The van der Waals surface area contributed by atoms with Gasteiger partial charge in [-0.3, -0.25) is 19.8 Å². The van der Waals surface area contributed by atoms with E-state index in [0.29, 0.717) is 28.7 Å². The number of barbiturate groups is 1.